The second-order valence-corrected chi connectivity index (χ2v) is 5.24. The number of nitrogens with one attached hydrogen (secondary N) is 1. The molecule has 0 radical (unpaired) electrons. The summed E-state index contributed by atoms with van der Waals surface area (Å²) in [6.07, 6.45) is 7.45. The van der Waals surface area contributed by atoms with Crippen LogP contribution in [0.1, 0.15) is 32.6 Å². The van der Waals surface area contributed by atoms with Gasteiger partial charge in [-0.2, -0.15) is 0 Å². The van der Waals surface area contributed by atoms with Crippen LogP contribution in [0.4, 0.5) is 0 Å². The minimum absolute atomic E-state index is 0.412. The molecule has 1 saturated carbocycles. The van der Waals surface area contributed by atoms with Gasteiger partial charge in [-0.05, 0) is 49.4 Å². The van der Waals surface area contributed by atoms with E-state index in [0.29, 0.717) is 6.10 Å². The predicted octanol–water partition coefficient (Wildman–Crippen LogP) is 4.13. The maximum absolute atomic E-state index is 6.09. The molecule has 90 valence electrons. The number of H-pyrrole nitrogens is 1. The van der Waals surface area contributed by atoms with Crippen LogP contribution >= 0.6 is 0 Å². The zero-order chi connectivity index (χ0) is 11.7. The molecule has 0 saturated heterocycles. The van der Waals surface area contributed by atoms with Crippen molar-refractivity contribution in [3.05, 3.63) is 30.5 Å². The van der Waals surface area contributed by atoms with Crippen molar-refractivity contribution in [1.29, 1.82) is 0 Å². The maximum atomic E-state index is 6.09. The minimum atomic E-state index is 0.412. The standard InChI is InChI=1S/C15H19NO/c1-11-3-2-4-13(9-11)17-14-5-6-15-12(10-14)7-8-16-15/h5-8,10-11,13,16H,2-4,9H2,1H3. The van der Waals surface area contributed by atoms with Crippen LogP contribution < -0.4 is 4.74 Å². The van der Waals surface area contributed by atoms with Crippen LogP contribution in [0.5, 0.6) is 5.75 Å². The lowest BCUT2D eigenvalue weighted by Gasteiger charge is -2.27. The number of hydrogen-bond donors (Lipinski definition) is 1. The van der Waals surface area contributed by atoms with Gasteiger partial charge in [-0.15, -0.1) is 0 Å². The molecule has 2 nitrogen and oxygen atoms in total. The first-order valence-electron chi connectivity index (χ1n) is 6.55. The van der Waals surface area contributed by atoms with E-state index >= 15 is 0 Å². The number of rotatable bonds is 2. The molecule has 1 N–H and O–H groups in total. The molecule has 1 fully saturated rings. The average Bonchev–Trinajstić information content (AvgIpc) is 2.76. The first-order valence-corrected chi connectivity index (χ1v) is 6.55. The van der Waals surface area contributed by atoms with E-state index in [9.17, 15) is 0 Å². The molecule has 0 spiro atoms. The van der Waals surface area contributed by atoms with Crippen molar-refractivity contribution in [2.75, 3.05) is 0 Å². The third-order valence-electron chi connectivity index (χ3n) is 3.72. The first kappa shape index (κ1) is 10.7. The van der Waals surface area contributed by atoms with E-state index in [1.165, 1.54) is 36.6 Å². The molecule has 3 rings (SSSR count). The normalized spacial score (nSPS) is 25.0. The van der Waals surface area contributed by atoms with Gasteiger partial charge in [0.25, 0.3) is 0 Å². The number of aromatic amines is 1. The molecule has 0 bridgehead atoms. The Kier molecular flexibility index (Phi) is 2.79. The summed E-state index contributed by atoms with van der Waals surface area (Å²) in [6, 6.07) is 8.38. The van der Waals surface area contributed by atoms with Gasteiger partial charge in [0, 0.05) is 17.1 Å². The van der Waals surface area contributed by atoms with Gasteiger partial charge in [0.2, 0.25) is 0 Å². The predicted molar refractivity (Wildman–Crippen MR) is 70.3 cm³/mol. The second-order valence-electron chi connectivity index (χ2n) is 5.24. The number of hydrogen-bond acceptors (Lipinski definition) is 1. The van der Waals surface area contributed by atoms with Gasteiger partial charge < -0.3 is 9.72 Å². The van der Waals surface area contributed by atoms with Gasteiger partial charge in [-0.3, -0.25) is 0 Å². The van der Waals surface area contributed by atoms with Crippen molar-refractivity contribution in [1.82, 2.24) is 4.98 Å². The van der Waals surface area contributed by atoms with Gasteiger partial charge in [0.1, 0.15) is 5.75 Å². The van der Waals surface area contributed by atoms with E-state index in [1.807, 2.05) is 6.20 Å². The zero-order valence-electron chi connectivity index (χ0n) is 10.3. The van der Waals surface area contributed by atoms with E-state index in [4.69, 9.17) is 4.74 Å². The van der Waals surface area contributed by atoms with E-state index in [-0.39, 0.29) is 0 Å². The number of ether oxygens (including phenoxy) is 1. The Morgan fingerprint density at radius 2 is 2.18 bits per heavy atom. The molecule has 1 aliphatic carbocycles. The molecular weight excluding hydrogens is 210 g/mol. The molecule has 1 heterocycles. The van der Waals surface area contributed by atoms with Gasteiger partial charge >= 0.3 is 0 Å². The lowest BCUT2D eigenvalue weighted by molar-refractivity contribution is 0.129. The Bertz CT molecular complexity index is 502. The Labute approximate surface area is 102 Å². The molecule has 2 aromatic rings. The largest absolute Gasteiger partial charge is 0.490 e. The molecule has 2 atom stereocenters. The summed E-state index contributed by atoms with van der Waals surface area (Å²) in [5.41, 5.74) is 1.18. The first-order chi connectivity index (χ1) is 8.31. The summed E-state index contributed by atoms with van der Waals surface area (Å²) in [7, 11) is 0. The van der Waals surface area contributed by atoms with E-state index in [1.54, 1.807) is 0 Å². The molecule has 0 amide bonds. The quantitative estimate of drug-likeness (QED) is 0.823. The second kappa shape index (κ2) is 4.44. The highest BCUT2D eigenvalue weighted by Crippen LogP contribution is 2.28. The van der Waals surface area contributed by atoms with E-state index in [0.717, 1.165) is 11.7 Å². The highest BCUT2D eigenvalue weighted by atomic mass is 16.5. The summed E-state index contributed by atoms with van der Waals surface area (Å²) in [5, 5.41) is 1.23. The minimum Gasteiger partial charge on any atom is -0.490 e. The summed E-state index contributed by atoms with van der Waals surface area (Å²) in [6.45, 7) is 2.32. The summed E-state index contributed by atoms with van der Waals surface area (Å²) >= 11 is 0. The highest BCUT2D eigenvalue weighted by Gasteiger charge is 2.20. The van der Waals surface area contributed by atoms with Gasteiger partial charge in [0.15, 0.2) is 0 Å². The molecule has 1 aliphatic rings. The fraction of sp³-hybridized carbons (Fsp3) is 0.467. The maximum Gasteiger partial charge on any atom is 0.120 e. The third kappa shape index (κ3) is 2.31. The van der Waals surface area contributed by atoms with Crippen LogP contribution in [-0.2, 0) is 0 Å². The zero-order valence-corrected chi connectivity index (χ0v) is 10.3. The smallest absolute Gasteiger partial charge is 0.120 e. The molecule has 2 unspecified atom stereocenters. The number of aromatic nitrogens is 1. The third-order valence-corrected chi connectivity index (χ3v) is 3.72. The lowest BCUT2D eigenvalue weighted by atomic mass is 9.89. The Morgan fingerprint density at radius 3 is 3.06 bits per heavy atom. The topological polar surface area (TPSA) is 25.0 Å². The molecular formula is C15H19NO. The van der Waals surface area contributed by atoms with Crippen molar-refractivity contribution < 1.29 is 4.74 Å². The SMILES string of the molecule is CC1CCCC(Oc2ccc3[nH]ccc3c2)C1. The molecule has 1 aromatic carbocycles. The van der Waals surface area contributed by atoms with E-state index < -0.39 is 0 Å². The molecule has 2 heteroatoms. The monoisotopic (exact) mass is 229 g/mol. The Hall–Kier alpha value is -1.44. The number of fused-ring (bicyclic) bond motifs is 1. The van der Waals surface area contributed by atoms with Crippen molar-refractivity contribution in [3.8, 4) is 5.75 Å². The molecule has 17 heavy (non-hydrogen) atoms. The van der Waals surface area contributed by atoms with Crippen molar-refractivity contribution in [3.63, 3.8) is 0 Å². The summed E-state index contributed by atoms with van der Waals surface area (Å²) < 4.78 is 6.09. The summed E-state index contributed by atoms with van der Waals surface area (Å²) in [5.74, 6) is 1.82. The van der Waals surface area contributed by atoms with Crippen LogP contribution in [-0.4, -0.2) is 11.1 Å². The van der Waals surface area contributed by atoms with Gasteiger partial charge in [-0.1, -0.05) is 13.3 Å². The van der Waals surface area contributed by atoms with Gasteiger partial charge in [0.05, 0.1) is 6.10 Å². The average molecular weight is 229 g/mol. The molecule has 1 aromatic heterocycles. The van der Waals surface area contributed by atoms with Crippen molar-refractivity contribution >= 4 is 10.9 Å². The van der Waals surface area contributed by atoms with Crippen molar-refractivity contribution in [2.45, 2.75) is 38.7 Å². The van der Waals surface area contributed by atoms with Crippen LogP contribution in [0, 0.1) is 5.92 Å². The van der Waals surface area contributed by atoms with E-state index in [2.05, 4.69) is 36.2 Å². The van der Waals surface area contributed by atoms with Crippen LogP contribution in [0.15, 0.2) is 30.5 Å². The molecule has 0 aliphatic heterocycles. The Balaban J connectivity index is 1.75. The van der Waals surface area contributed by atoms with Crippen LogP contribution in [0.25, 0.3) is 10.9 Å². The number of benzene rings is 1. The fourth-order valence-corrected chi connectivity index (χ4v) is 2.78. The fourth-order valence-electron chi connectivity index (χ4n) is 2.78. The van der Waals surface area contributed by atoms with Crippen LogP contribution in [0.3, 0.4) is 0 Å². The summed E-state index contributed by atoms with van der Waals surface area (Å²) in [4.78, 5) is 3.20. The lowest BCUT2D eigenvalue weighted by Crippen LogP contribution is -2.23. The highest BCUT2D eigenvalue weighted by molar-refractivity contribution is 5.80. The Morgan fingerprint density at radius 1 is 1.24 bits per heavy atom. The van der Waals surface area contributed by atoms with Crippen molar-refractivity contribution in [2.24, 2.45) is 5.92 Å². The van der Waals surface area contributed by atoms with Crippen LogP contribution in [0.2, 0.25) is 0 Å². The van der Waals surface area contributed by atoms with Gasteiger partial charge in [-0.25, -0.2) is 0 Å².